The molecule has 4 nitrogen and oxygen atoms in total. The molecule has 17 heavy (non-hydrogen) atoms. The van der Waals surface area contributed by atoms with E-state index in [0.717, 1.165) is 38.6 Å². The van der Waals surface area contributed by atoms with Crippen LogP contribution in [-0.2, 0) is 14.3 Å². The standard InChI is InChI=1S/C13H21NO3/c1-2-17-13(16)10-6-3-4-7-11(10)14-9-5-8-12(14)15/h10-11H,2-9H2,1H3/t10-,11?/m1/s1. The summed E-state index contributed by atoms with van der Waals surface area (Å²) in [6.45, 7) is 3.08. The van der Waals surface area contributed by atoms with Crippen LogP contribution >= 0.6 is 0 Å². The Morgan fingerprint density at radius 2 is 2.12 bits per heavy atom. The van der Waals surface area contributed by atoms with E-state index in [-0.39, 0.29) is 23.8 Å². The Balaban J connectivity index is 2.06. The second-order valence-corrected chi connectivity index (χ2v) is 4.90. The van der Waals surface area contributed by atoms with Crippen molar-refractivity contribution in [2.75, 3.05) is 13.2 Å². The predicted molar refractivity (Wildman–Crippen MR) is 63.3 cm³/mol. The van der Waals surface area contributed by atoms with Crippen LogP contribution in [0.25, 0.3) is 0 Å². The molecular formula is C13H21NO3. The molecule has 2 rings (SSSR count). The molecule has 1 amide bonds. The van der Waals surface area contributed by atoms with Gasteiger partial charge < -0.3 is 9.64 Å². The minimum Gasteiger partial charge on any atom is -0.466 e. The molecule has 1 unspecified atom stereocenters. The van der Waals surface area contributed by atoms with E-state index < -0.39 is 0 Å². The number of esters is 1. The van der Waals surface area contributed by atoms with Crippen molar-refractivity contribution in [3.63, 3.8) is 0 Å². The zero-order valence-electron chi connectivity index (χ0n) is 10.5. The zero-order chi connectivity index (χ0) is 12.3. The third-order valence-corrected chi connectivity index (χ3v) is 3.83. The van der Waals surface area contributed by atoms with Crippen LogP contribution in [0.4, 0.5) is 0 Å². The number of carbonyl (C=O) groups is 2. The molecule has 1 saturated heterocycles. The largest absolute Gasteiger partial charge is 0.466 e. The fourth-order valence-electron chi connectivity index (χ4n) is 3.03. The highest BCUT2D eigenvalue weighted by Gasteiger charge is 2.39. The summed E-state index contributed by atoms with van der Waals surface area (Å²) in [6, 6.07) is 0.0952. The summed E-state index contributed by atoms with van der Waals surface area (Å²) in [5.74, 6) is 0.00819. The van der Waals surface area contributed by atoms with Crippen LogP contribution in [0.2, 0.25) is 0 Å². The molecule has 96 valence electrons. The highest BCUT2D eigenvalue weighted by molar-refractivity contribution is 5.80. The smallest absolute Gasteiger partial charge is 0.311 e. The molecule has 4 heteroatoms. The lowest BCUT2D eigenvalue weighted by atomic mass is 9.83. The quantitative estimate of drug-likeness (QED) is 0.705. The van der Waals surface area contributed by atoms with E-state index in [1.54, 1.807) is 0 Å². The Hall–Kier alpha value is -1.06. The first-order valence-electron chi connectivity index (χ1n) is 6.70. The molecule has 0 spiro atoms. The maximum atomic E-state index is 11.9. The van der Waals surface area contributed by atoms with Crippen LogP contribution < -0.4 is 0 Å². The molecule has 0 bridgehead atoms. The Labute approximate surface area is 102 Å². The van der Waals surface area contributed by atoms with Crippen LogP contribution in [0.3, 0.4) is 0 Å². The number of hydrogen-bond acceptors (Lipinski definition) is 3. The van der Waals surface area contributed by atoms with Crippen molar-refractivity contribution in [1.29, 1.82) is 0 Å². The van der Waals surface area contributed by atoms with Gasteiger partial charge >= 0.3 is 5.97 Å². The minimum atomic E-state index is -0.114. The van der Waals surface area contributed by atoms with Gasteiger partial charge in [-0.1, -0.05) is 12.8 Å². The van der Waals surface area contributed by atoms with E-state index >= 15 is 0 Å². The number of nitrogens with zero attached hydrogens (tertiary/aromatic N) is 1. The van der Waals surface area contributed by atoms with E-state index in [4.69, 9.17) is 4.74 Å². The van der Waals surface area contributed by atoms with Crippen molar-refractivity contribution >= 4 is 11.9 Å². The lowest BCUT2D eigenvalue weighted by Crippen LogP contribution is -2.46. The molecule has 0 aromatic heterocycles. The normalized spacial score (nSPS) is 29.5. The van der Waals surface area contributed by atoms with Crippen molar-refractivity contribution in [2.45, 2.75) is 51.5 Å². The highest BCUT2D eigenvalue weighted by Crippen LogP contribution is 2.31. The lowest BCUT2D eigenvalue weighted by Gasteiger charge is -2.36. The molecular weight excluding hydrogens is 218 g/mol. The Kier molecular flexibility index (Phi) is 4.02. The molecule has 2 fully saturated rings. The van der Waals surface area contributed by atoms with Crippen LogP contribution in [0.5, 0.6) is 0 Å². The van der Waals surface area contributed by atoms with Crippen LogP contribution in [-0.4, -0.2) is 36.0 Å². The summed E-state index contributed by atoms with van der Waals surface area (Å²) in [5, 5.41) is 0. The molecule has 1 saturated carbocycles. The number of rotatable bonds is 3. The fraction of sp³-hybridized carbons (Fsp3) is 0.846. The molecule has 1 aliphatic carbocycles. The van der Waals surface area contributed by atoms with Gasteiger partial charge in [0.25, 0.3) is 0 Å². The second kappa shape index (κ2) is 5.52. The fourth-order valence-corrected chi connectivity index (χ4v) is 3.03. The maximum absolute atomic E-state index is 11.9. The van der Waals surface area contributed by atoms with Crippen molar-refractivity contribution in [3.8, 4) is 0 Å². The lowest BCUT2D eigenvalue weighted by molar-refractivity contribution is -0.153. The van der Waals surface area contributed by atoms with Crippen molar-refractivity contribution in [3.05, 3.63) is 0 Å². The number of amides is 1. The number of likely N-dealkylation sites (tertiary alicyclic amines) is 1. The Bertz CT molecular complexity index is 303. The molecule has 0 aromatic carbocycles. The predicted octanol–water partition coefficient (Wildman–Crippen LogP) is 1.73. The SMILES string of the molecule is CCOC(=O)[C@@H]1CCCCC1N1CCCC1=O. The Morgan fingerprint density at radius 1 is 1.35 bits per heavy atom. The average molecular weight is 239 g/mol. The van der Waals surface area contributed by atoms with Crippen LogP contribution in [0.15, 0.2) is 0 Å². The molecule has 0 aromatic rings. The second-order valence-electron chi connectivity index (χ2n) is 4.90. The van der Waals surface area contributed by atoms with Crippen LogP contribution in [0, 0.1) is 5.92 Å². The van der Waals surface area contributed by atoms with Crippen molar-refractivity contribution in [1.82, 2.24) is 4.90 Å². The molecule has 2 atom stereocenters. The van der Waals surface area contributed by atoms with Crippen molar-refractivity contribution < 1.29 is 14.3 Å². The molecule has 0 radical (unpaired) electrons. The number of ether oxygens (including phenoxy) is 1. The Morgan fingerprint density at radius 3 is 2.76 bits per heavy atom. The first-order valence-corrected chi connectivity index (χ1v) is 6.70. The first kappa shape index (κ1) is 12.4. The number of carbonyl (C=O) groups excluding carboxylic acids is 2. The highest BCUT2D eigenvalue weighted by atomic mass is 16.5. The third kappa shape index (κ3) is 2.61. The van der Waals surface area contributed by atoms with Gasteiger partial charge in [-0.05, 0) is 26.2 Å². The van der Waals surface area contributed by atoms with Gasteiger partial charge in [0.2, 0.25) is 5.91 Å². The van der Waals surface area contributed by atoms with E-state index in [2.05, 4.69) is 0 Å². The van der Waals surface area contributed by atoms with Gasteiger partial charge in [0.1, 0.15) is 0 Å². The summed E-state index contributed by atoms with van der Waals surface area (Å²) in [7, 11) is 0. The van der Waals surface area contributed by atoms with Gasteiger partial charge in [-0.15, -0.1) is 0 Å². The molecule has 0 N–H and O–H groups in total. The first-order chi connectivity index (χ1) is 8.24. The van der Waals surface area contributed by atoms with E-state index in [1.165, 1.54) is 0 Å². The van der Waals surface area contributed by atoms with Gasteiger partial charge in [-0.25, -0.2) is 0 Å². The molecule has 2 aliphatic rings. The molecule has 1 aliphatic heterocycles. The van der Waals surface area contributed by atoms with Gasteiger partial charge in [-0.3, -0.25) is 9.59 Å². The summed E-state index contributed by atoms with van der Waals surface area (Å²) >= 11 is 0. The zero-order valence-corrected chi connectivity index (χ0v) is 10.5. The van der Waals surface area contributed by atoms with Gasteiger partial charge in [0.05, 0.1) is 12.5 Å². The topological polar surface area (TPSA) is 46.6 Å². The number of hydrogen-bond donors (Lipinski definition) is 0. The summed E-state index contributed by atoms with van der Waals surface area (Å²) in [5.41, 5.74) is 0. The maximum Gasteiger partial charge on any atom is 0.311 e. The van der Waals surface area contributed by atoms with E-state index in [0.29, 0.717) is 13.0 Å². The van der Waals surface area contributed by atoms with Gasteiger partial charge in [-0.2, -0.15) is 0 Å². The summed E-state index contributed by atoms with van der Waals surface area (Å²) in [6.07, 6.45) is 5.59. The summed E-state index contributed by atoms with van der Waals surface area (Å²) < 4.78 is 5.13. The van der Waals surface area contributed by atoms with Crippen molar-refractivity contribution in [2.24, 2.45) is 5.92 Å². The van der Waals surface area contributed by atoms with Gasteiger partial charge in [0, 0.05) is 19.0 Å². The molecule has 1 heterocycles. The average Bonchev–Trinajstić information content (AvgIpc) is 2.76. The van der Waals surface area contributed by atoms with E-state index in [1.807, 2.05) is 11.8 Å². The van der Waals surface area contributed by atoms with E-state index in [9.17, 15) is 9.59 Å². The minimum absolute atomic E-state index is 0.0919. The summed E-state index contributed by atoms with van der Waals surface area (Å²) in [4.78, 5) is 25.6. The third-order valence-electron chi connectivity index (χ3n) is 3.83. The van der Waals surface area contributed by atoms with Crippen LogP contribution in [0.1, 0.15) is 45.4 Å². The van der Waals surface area contributed by atoms with Gasteiger partial charge in [0.15, 0.2) is 0 Å². The monoisotopic (exact) mass is 239 g/mol.